The van der Waals surface area contributed by atoms with E-state index in [1.54, 1.807) is 18.3 Å². The van der Waals surface area contributed by atoms with Gasteiger partial charge in [0.25, 0.3) is 0 Å². The fourth-order valence-electron chi connectivity index (χ4n) is 2.99. The number of nitrogens with two attached hydrogens (primary N) is 1. The Morgan fingerprint density at radius 2 is 2.04 bits per heavy atom. The van der Waals surface area contributed by atoms with Crippen molar-refractivity contribution in [2.75, 3.05) is 24.4 Å². The number of sulfonamides is 1. The molecule has 0 aromatic carbocycles. The molecule has 1 aliphatic carbocycles. The van der Waals surface area contributed by atoms with Crippen LogP contribution in [0.2, 0.25) is 0 Å². The first-order chi connectivity index (χ1) is 11.0. The van der Waals surface area contributed by atoms with Crippen LogP contribution >= 0.6 is 0 Å². The minimum atomic E-state index is -3.24. The molecule has 3 N–H and O–H groups in total. The summed E-state index contributed by atoms with van der Waals surface area (Å²) in [7, 11) is -3.24. The monoisotopic (exact) mass is 338 g/mol. The van der Waals surface area contributed by atoms with Crippen LogP contribution in [0.25, 0.3) is 0 Å². The number of pyridine rings is 1. The van der Waals surface area contributed by atoms with Crippen LogP contribution in [0, 0.1) is 0 Å². The van der Waals surface area contributed by atoms with E-state index in [0.717, 1.165) is 44.6 Å². The van der Waals surface area contributed by atoms with E-state index in [1.807, 2.05) is 0 Å². The first-order valence-electron chi connectivity index (χ1n) is 8.50. The van der Waals surface area contributed by atoms with Gasteiger partial charge in [-0.05, 0) is 63.9 Å². The van der Waals surface area contributed by atoms with Gasteiger partial charge in [-0.2, -0.15) is 0 Å². The molecule has 1 aromatic heterocycles. The number of likely N-dealkylation sites (tertiary alicyclic amines) is 1. The molecule has 3 rings (SSSR count). The Bertz CT molecular complexity index is 625. The second-order valence-corrected chi connectivity index (χ2v) is 8.57. The minimum absolute atomic E-state index is 0.165. The quantitative estimate of drug-likeness (QED) is 0.792. The number of anilines is 1. The zero-order chi connectivity index (χ0) is 16.3. The van der Waals surface area contributed by atoms with E-state index in [2.05, 4.69) is 14.6 Å². The topological polar surface area (TPSA) is 88.3 Å². The first kappa shape index (κ1) is 16.7. The van der Waals surface area contributed by atoms with Crippen molar-refractivity contribution < 1.29 is 8.42 Å². The van der Waals surface area contributed by atoms with Gasteiger partial charge in [-0.25, -0.2) is 8.42 Å². The van der Waals surface area contributed by atoms with E-state index in [1.165, 1.54) is 19.3 Å². The SMILES string of the molecule is NC(CCN1CCCCC1)c1cc(NS(=O)(=O)C2CC2)ccn1. The molecule has 2 fully saturated rings. The average Bonchev–Trinajstić information content (AvgIpc) is 3.39. The molecule has 1 aromatic rings. The van der Waals surface area contributed by atoms with Crippen LogP contribution in [-0.4, -0.2) is 43.2 Å². The van der Waals surface area contributed by atoms with Crippen molar-refractivity contribution in [3.63, 3.8) is 0 Å². The lowest BCUT2D eigenvalue weighted by molar-refractivity contribution is 0.221. The molecule has 0 spiro atoms. The molecule has 2 aliphatic rings. The fraction of sp³-hybridized carbons (Fsp3) is 0.688. The van der Waals surface area contributed by atoms with Crippen LogP contribution < -0.4 is 10.5 Å². The van der Waals surface area contributed by atoms with Crippen molar-refractivity contribution in [3.05, 3.63) is 24.0 Å². The maximum atomic E-state index is 12.0. The van der Waals surface area contributed by atoms with Gasteiger partial charge in [0.1, 0.15) is 0 Å². The van der Waals surface area contributed by atoms with E-state index < -0.39 is 10.0 Å². The molecular weight excluding hydrogens is 312 g/mol. The highest BCUT2D eigenvalue weighted by Crippen LogP contribution is 2.30. The third kappa shape index (κ3) is 4.65. The number of nitrogens with one attached hydrogen (secondary N) is 1. The summed E-state index contributed by atoms with van der Waals surface area (Å²) in [6.07, 6.45) is 7.84. The zero-order valence-electron chi connectivity index (χ0n) is 13.4. The number of hydrogen-bond donors (Lipinski definition) is 2. The molecule has 1 unspecified atom stereocenters. The van der Waals surface area contributed by atoms with Gasteiger partial charge in [0.15, 0.2) is 0 Å². The van der Waals surface area contributed by atoms with E-state index in [-0.39, 0.29) is 11.3 Å². The van der Waals surface area contributed by atoms with Crippen molar-refractivity contribution in [3.8, 4) is 0 Å². The molecule has 6 nitrogen and oxygen atoms in total. The second-order valence-electron chi connectivity index (χ2n) is 6.61. The maximum Gasteiger partial charge on any atom is 0.235 e. The highest BCUT2D eigenvalue weighted by molar-refractivity contribution is 7.93. The zero-order valence-corrected chi connectivity index (χ0v) is 14.3. The van der Waals surface area contributed by atoms with Crippen molar-refractivity contribution >= 4 is 15.7 Å². The van der Waals surface area contributed by atoms with Gasteiger partial charge in [0, 0.05) is 12.2 Å². The van der Waals surface area contributed by atoms with E-state index in [0.29, 0.717) is 5.69 Å². The average molecular weight is 338 g/mol. The summed E-state index contributed by atoms with van der Waals surface area (Å²) in [5.41, 5.74) is 7.56. The molecule has 0 bridgehead atoms. The smallest absolute Gasteiger partial charge is 0.235 e. The summed E-state index contributed by atoms with van der Waals surface area (Å²) in [6, 6.07) is 3.28. The maximum absolute atomic E-state index is 12.0. The van der Waals surface area contributed by atoms with Gasteiger partial charge >= 0.3 is 0 Å². The summed E-state index contributed by atoms with van der Waals surface area (Å²) in [6.45, 7) is 3.28. The summed E-state index contributed by atoms with van der Waals surface area (Å²) >= 11 is 0. The Morgan fingerprint density at radius 3 is 2.74 bits per heavy atom. The Kier molecular flexibility index (Phi) is 5.18. The molecule has 1 saturated heterocycles. The third-order valence-electron chi connectivity index (χ3n) is 4.59. The largest absolute Gasteiger partial charge is 0.323 e. The van der Waals surface area contributed by atoms with Crippen molar-refractivity contribution in [2.24, 2.45) is 5.73 Å². The van der Waals surface area contributed by atoms with Crippen LogP contribution in [0.5, 0.6) is 0 Å². The van der Waals surface area contributed by atoms with Gasteiger partial charge in [-0.15, -0.1) is 0 Å². The second kappa shape index (κ2) is 7.15. The number of aromatic nitrogens is 1. The summed E-state index contributed by atoms with van der Waals surface area (Å²) in [5, 5.41) is -0.230. The van der Waals surface area contributed by atoms with Crippen LogP contribution in [0.15, 0.2) is 18.3 Å². The molecule has 1 aliphatic heterocycles. The molecule has 0 radical (unpaired) electrons. The molecule has 2 heterocycles. The number of rotatable bonds is 7. The Hall–Kier alpha value is -1.18. The number of hydrogen-bond acceptors (Lipinski definition) is 5. The van der Waals surface area contributed by atoms with Crippen molar-refractivity contribution in [2.45, 2.75) is 49.8 Å². The minimum Gasteiger partial charge on any atom is -0.323 e. The van der Waals surface area contributed by atoms with Crippen LogP contribution in [0.3, 0.4) is 0 Å². The molecule has 7 heteroatoms. The lowest BCUT2D eigenvalue weighted by Gasteiger charge is -2.27. The first-order valence-corrected chi connectivity index (χ1v) is 10.0. The normalized spacial score (nSPS) is 21.1. The summed E-state index contributed by atoms with van der Waals surface area (Å²) in [4.78, 5) is 6.76. The van der Waals surface area contributed by atoms with E-state index in [9.17, 15) is 8.42 Å². The van der Waals surface area contributed by atoms with Crippen molar-refractivity contribution in [1.29, 1.82) is 0 Å². The lowest BCUT2D eigenvalue weighted by atomic mass is 10.1. The molecule has 128 valence electrons. The van der Waals surface area contributed by atoms with Gasteiger partial charge < -0.3 is 10.6 Å². The van der Waals surface area contributed by atoms with Gasteiger partial charge in [0.2, 0.25) is 10.0 Å². The fourth-order valence-corrected chi connectivity index (χ4v) is 4.37. The van der Waals surface area contributed by atoms with Crippen LogP contribution in [0.4, 0.5) is 5.69 Å². The van der Waals surface area contributed by atoms with E-state index in [4.69, 9.17) is 5.73 Å². The lowest BCUT2D eigenvalue weighted by Crippen LogP contribution is -2.32. The highest BCUT2D eigenvalue weighted by atomic mass is 32.2. The molecular formula is C16H26N4O2S. The predicted octanol–water partition coefficient (Wildman–Crippen LogP) is 1.86. The Morgan fingerprint density at radius 1 is 1.30 bits per heavy atom. The summed E-state index contributed by atoms with van der Waals surface area (Å²) in [5.74, 6) is 0. The Balaban J connectivity index is 1.57. The van der Waals surface area contributed by atoms with Crippen molar-refractivity contribution in [1.82, 2.24) is 9.88 Å². The van der Waals surface area contributed by atoms with Gasteiger partial charge in [-0.3, -0.25) is 9.71 Å². The molecule has 1 atom stereocenters. The predicted molar refractivity (Wildman–Crippen MR) is 91.6 cm³/mol. The van der Waals surface area contributed by atoms with Gasteiger partial charge in [-0.1, -0.05) is 6.42 Å². The van der Waals surface area contributed by atoms with E-state index >= 15 is 0 Å². The number of piperidine rings is 1. The van der Waals surface area contributed by atoms with Crippen LogP contribution in [-0.2, 0) is 10.0 Å². The molecule has 1 saturated carbocycles. The van der Waals surface area contributed by atoms with Crippen LogP contribution in [0.1, 0.15) is 50.3 Å². The highest BCUT2D eigenvalue weighted by Gasteiger charge is 2.35. The third-order valence-corrected chi connectivity index (χ3v) is 6.46. The molecule has 23 heavy (non-hydrogen) atoms. The summed E-state index contributed by atoms with van der Waals surface area (Å²) < 4.78 is 26.7. The van der Waals surface area contributed by atoms with Gasteiger partial charge in [0.05, 0.1) is 16.6 Å². The standard InChI is InChI=1S/C16H26N4O2S/c17-15(7-11-20-9-2-1-3-10-20)16-12-13(6-8-18-16)19-23(21,22)14-4-5-14/h6,8,12,14-15H,1-5,7,9-11,17H2,(H,18,19). The number of nitrogens with zero attached hydrogens (tertiary/aromatic N) is 2. The molecule has 0 amide bonds. The Labute approximate surface area is 138 Å².